The number of hydrogen-bond donors (Lipinski definition) is 1. The van der Waals surface area contributed by atoms with E-state index >= 15 is 0 Å². The Morgan fingerprint density at radius 3 is 2.64 bits per heavy atom. The summed E-state index contributed by atoms with van der Waals surface area (Å²) in [6.07, 6.45) is 2.40. The van der Waals surface area contributed by atoms with Crippen LogP contribution < -0.4 is 5.73 Å². The fraction of sp³-hybridized carbons (Fsp3) is 0.600. The molecule has 0 bridgehead atoms. The second kappa shape index (κ2) is 7.75. The summed E-state index contributed by atoms with van der Waals surface area (Å²) in [6, 6.07) is 4.87. The molecule has 0 aromatic heterocycles. The van der Waals surface area contributed by atoms with Gasteiger partial charge in [0, 0.05) is 24.7 Å². The number of nitrogens with two attached hydrogens (primary N) is 1. The van der Waals surface area contributed by atoms with Crippen LogP contribution in [0.15, 0.2) is 23.1 Å². The van der Waals surface area contributed by atoms with Crippen LogP contribution in [0.25, 0.3) is 0 Å². The van der Waals surface area contributed by atoms with Gasteiger partial charge in [0.05, 0.1) is 11.0 Å². The minimum absolute atomic E-state index is 0.129. The van der Waals surface area contributed by atoms with Gasteiger partial charge in [-0.25, -0.2) is 8.42 Å². The van der Waals surface area contributed by atoms with Crippen LogP contribution in [0.5, 0.6) is 0 Å². The van der Waals surface area contributed by atoms with Crippen LogP contribution in [-0.4, -0.2) is 45.1 Å². The molecule has 0 atom stereocenters. The van der Waals surface area contributed by atoms with Crippen LogP contribution in [0.3, 0.4) is 0 Å². The van der Waals surface area contributed by atoms with Crippen molar-refractivity contribution in [2.75, 3.05) is 26.2 Å². The molecule has 2 rings (SSSR count). The SMILES string of the molecule is Cc1cc(Cl)ccc1S(=O)(=O)N1CCC(OCCCN)CC1. The van der Waals surface area contributed by atoms with Crippen LogP contribution in [0.2, 0.25) is 5.02 Å². The highest BCUT2D eigenvalue weighted by Gasteiger charge is 2.30. The molecule has 1 aliphatic rings. The van der Waals surface area contributed by atoms with Crippen LogP contribution in [0, 0.1) is 6.92 Å². The largest absolute Gasteiger partial charge is 0.378 e. The fourth-order valence-electron chi connectivity index (χ4n) is 2.61. The summed E-state index contributed by atoms with van der Waals surface area (Å²) >= 11 is 5.90. The minimum atomic E-state index is -3.46. The van der Waals surface area contributed by atoms with Gasteiger partial charge in [0.2, 0.25) is 10.0 Å². The molecule has 22 heavy (non-hydrogen) atoms. The highest BCUT2D eigenvalue weighted by molar-refractivity contribution is 7.89. The molecule has 5 nitrogen and oxygen atoms in total. The average molecular weight is 347 g/mol. The van der Waals surface area contributed by atoms with Crippen molar-refractivity contribution in [3.63, 3.8) is 0 Å². The van der Waals surface area contributed by atoms with E-state index in [4.69, 9.17) is 22.1 Å². The quantitative estimate of drug-likeness (QED) is 0.801. The molecule has 0 aliphatic carbocycles. The molecule has 0 saturated carbocycles. The molecule has 0 amide bonds. The van der Waals surface area contributed by atoms with Crippen molar-refractivity contribution < 1.29 is 13.2 Å². The molecule has 0 unspecified atom stereocenters. The van der Waals surface area contributed by atoms with Gasteiger partial charge in [-0.1, -0.05) is 11.6 Å². The number of sulfonamides is 1. The van der Waals surface area contributed by atoms with E-state index in [1.165, 1.54) is 4.31 Å². The Hall–Kier alpha value is -0.660. The average Bonchev–Trinajstić information content (AvgIpc) is 2.47. The summed E-state index contributed by atoms with van der Waals surface area (Å²) in [5, 5.41) is 0.545. The lowest BCUT2D eigenvalue weighted by molar-refractivity contribution is 0.0209. The monoisotopic (exact) mass is 346 g/mol. The highest BCUT2D eigenvalue weighted by Crippen LogP contribution is 2.26. The maximum Gasteiger partial charge on any atom is 0.243 e. The van der Waals surface area contributed by atoms with E-state index in [1.54, 1.807) is 25.1 Å². The summed E-state index contributed by atoms with van der Waals surface area (Å²) in [6.45, 7) is 3.99. The van der Waals surface area contributed by atoms with Gasteiger partial charge >= 0.3 is 0 Å². The van der Waals surface area contributed by atoms with Gasteiger partial charge in [0.15, 0.2) is 0 Å². The van der Waals surface area contributed by atoms with Crippen molar-refractivity contribution in [1.29, 1.82) is 0 Å². The van der Waals surface area contributed by atoms with E-state index in [2.05, 4.69) is 0 Å². The van der Waals surface area contributed by atoms with E-state index in [1.807, 2.05) is 0 Å². The smallest absolute Gasteiger partial charge is 0.243 e. The van der Waals surface area contributed by atoms with Crippen LogP contribution in [0.1, 0.15) is 24.8 Å². The first kappa shape index (κ1) is 17.7. The number of nitrogens with zero attached hydrogens (tertiary/aromatic N) is 1. The summed E-state index contributed by atoms with van der Waals surface area (Å²) < 4.78 is 32.7. The van der Waals surface area contributed by atoms with Gasteiger partial charge in [-0.3, -0.25) is 0 Å². The number of hydrogen-bond acceptors (Lipinski definition) is 4. The minimum Gasteiger partial charge on any atom is -0.378 e. The van der Waals surface area contributed by atoms with Gasteiger partial charge in [0.1, 0.15) is 0 Å². The Balaban J connectivity index is 2.00. The number of piperidine rings is 1. The summed E-state index contributed by atoms with van der Waals surface area (Å²) in [5.41, 5.74) is 6.11. The van der Waals surface area contributed by atoms with E-state index in [-0.39, 0.29) is 6.10 Å². The van der Waals surface area contributed by atoms with Gasteiger partial charge < -0.3 is 10.5 Å². The summed E-state index contributed by atoms with van der Waals surface area (Å²) in [5.74, 6) is 0. The van der Waals surface area contributed by atoms with Crippen molar-refractivity contribution in [2.24, 2.45) is 5.73 Å². The third-order valence-corrected chi connectivity index (χ3v) is 6.15. The van der Waals surface area contributed by atoms with Gasteiger partial charge in [-0.15, -0.1) is 0 Å². The van der Waals surface area contributed by atoms with Crippen molar-refractivity contribution in [2.45, 2.75) is 37.2 Å². The Kier molecular flexibility index (Phi) is 6.23. The predicted molar refractivity (Wildman–Crippen MR) is 87.6 cm³/mol. The highest BCUT2D eigenvalue weighted by atomic mass is 35.5. The van der Waals surface area contributed by atoms with Crippen molar-refractivity contribution >= 4 is 21.6 Å². The van der Waals surface area contributed by atoms with E-state index in [0.29, 0.717) is 41.7 Å². The number of benzene rings is 1. The number of rotatable bonds is 6. The molecule has 0 radical (unpaired) electrons. The summed E-state index contributed by atoms with van der Waals surface area (Å²) in [7, 11) is -3.46. The third-order valence-electron chi connectivity index (χ3n) is 3.86. The van der Waals surface area contributed by atoms with Gasteiger partial charge in [-0.2, -0.15) is 4.31 Å². The molecule has 1 fully saturated rings. The van der Waals surface area contributed by atoms with Crippen molar-refractivity contribution in [3.05, 3.63) is 28.8 Å². The molecule has 2 N–H and O–H groups in total. The molecule has 1 heterocycles. The molecule has 124 valence electrons. The molecule has 7 heteroatoms. The zero-order chi connectivity index (χ0) is 16.2. The lowest BCUT2D eigenvalue weighted by atomic mass is 10.1. The first-order valence-corrected chi connectivity index (χ1v) is 9.35. The van der Waals surface area contributed by atoms with E-state index in [0.717, 1.165) is 19.3 Å². The number of aryl methyl sites for hydroxylation is 1. The van der Waals surface area contributed by atoms with E-state index in [9.17, 15) is 8.42 Å². The van der Waals surface area contributed by atoms with Crippen LogP contribution in [0.4, 0.5) is 0 Å². The van der Waals surface area contributed by atoms with E-state index < -0.39 is 10.0 Å². The first-order chi connectivity index (χ1) is 10.4. The maximum atomic E-state index is 12.7. The maximum absolute atomic E-state index is 12.7. The summed E-state index contributed by atoms with van der Waals surface area (Å²) in [4.78, 5) is 0.333. The predicted octanol–water partition coefficient (Wildman–Crippen LogP) is 2.17. The Morgan fingerprint density at radius 2 is 2.05 bits per heavy atom. The zero-order valence-corrected chi connectivity index (χ0v) is 14.4. The molecule has 1 aliphatic heterocycles. The number of ether oxygens (including phenoxy) is 1. The van der Waals surface area contributed by atoms with Crippen molar-refractivity contribution in [1.82, 2.24) is 4.31 Å². The fourth-order valence-corrected chi connectivity index (χ4v) is 4.52. The van der Waals surface area contributed by atoms with Crippen LogP contribution >= 0.6 is 11.6 Å². The number of halogens is 1. The molecule has 0 spiro atoms. The Morgan fingerprint density at radius 1 is 1.36 bits per heavy atom. The topological polar surface area (TPSA) is 72.6 Å². The standard InChI is InChI=1S/C15H23ClN2O3S/c1-12-11-13(16)3-4-15(12)22(19,20)18-8-5-14(6-9-18)21-10-2-7-17/h3-4,11,14H,2,5-10,17H2,1H3. The lowest BCUT2D eigenvalue weighted by Crippen LogP contribution is -2.41. The van der Waals surface area contributed by atoms with Crippen molar-refractivity contribution in [3.8, 4) is 0 Å². The Labute approximate surface area is 137 Å². The molecular weight excluding hydrogens is 324 g/mol. The van der Waals surface area contributed by atoms with Gasteiger partial charge in [-0.05, 0) is 56.5 Å². The Bertz CT molecular complexity index is 599. The van der Waals surface area contributed by atoms with Gasteiger partial charge in [0.25, 0.3) is 0 Å². The van der Waals surface area contributed by atoms with Crippen LogP contribution in [-0.2, 0) is 14.8 Å². The first-order valence-electron chi connectivity index (χ1n) is 7.53. The third kappa shape index (κ3) is 4.20. The second-order valence-corrected chi connectivity index (χ2v) is 7.87. The molecule has 1 saturated heterocycles. The zero-order valence-electron chi connectivity index (χ0n) is 12.8. The molecule has 1 aromatic rings. The molecule has 1 aromatic carbocycles. The molecular formula is C15H23ClN2O3S. The second-order valence-electron chi connectivity index (χ2n) is 5.53. The normalized spacial score (nSPS) is 17.8. The lowest BCUT2D eigenvalue weighted by Gasteiger charge is -2.31.